The summed E-state index contributed by atoms with van der Waals surface area (Å²) in [6.07, 6.45) is 0.281. The van der Waals surface area contributed by atoms with Crippen molar-refractivity contribution in [3.05, 3.63) is 29.8 Å². The predicted molar refractivity (Wildman–Crippen MR) is 83.3 cm³/mol. The van der Waals surface area contributed by atoms with Crippen molar-refractivity contribution in [1.29, 1.82) is 5.26 Å². The van der Waals surface area contributed by atoms with Gasteiger partial charge in [-0.2, -0.15) is 5.26 Å². The molecule has 0 aliphatic heterocycles. The highest BCUT2D eigenvalue weighted by Gasteiger charge is 2.22. The molecule has 0 saturated carbocycles. The van der Waals surface area contributed by atoms with E-state index in [0.717, 1.165) is 5.56 Å². The molecule has 0 aromatic heterocycles. The van der Waals surface area contributed by atoms with Crippen LogP contribution in [0.3, 0.4) is 0 Å². The second kappa shape index (κ2) is 7.55. The summed E-state index contributed by atoms with van der Waals surface area (Å²) < 4.78 is 27.6. The highest BCUT2D eigenvalue weighted by atomic mass is 32.2. The third-order valence-corrected chi connectivity index (χ3v) is 4.70. The maximum Gasteiger partial charge on any atom is 0.240 e. The molecule has 1 atom stereocenters. The normalized spacial score (nSPS) is 13.4. The molecule has 1 aromatic rings. The van der Waals surface area contributed by atoms with Gasteiger partial charge >= 0.3 is 0 Å². The van der Waals surface area contributed by atoms with Gasteiger partial charge in [0.15, 0.2) is 0 Å². The smallest absolute Gasteiger partial charge is 0.240 e. The van der Waals surface area contributed by atoms with E-state index in [4.69, 9.17) is 5.26 Å². The Kier molecular flexibility index (Phi) is 6.34. The van der Waals surface area contributed by atoms with Crippen LogP contribution in [0, 0.1) is 17.2 Å². The lowest BCUT2D eigenvalue weighted by Gasteiger charge is -2.25. The molecule has 0 amide bonds. The van der Waals surface area contributed by atoms with E-state index in [1.54, 1.807) is 24.3 Å². The zero-order chi connectivity index (χ0) is 16.0. The average Bonchev–Trinajstić information content (AvgIpc) is 2.38. The fraction of sp³-hybridized carbons (Fsp3) is 0.533. The van der Waals surface area contributed by atoms with Gasteiger partial charge in [0.25, 0.3) is 0 Å². The molecule has 0 aliphatic carbocycles. The Bertz CT molecular complexity index is 586. The lowest BCUT2D eigenvalue weighted by molar-refractivity contribution is 0.314. The van der Waals surface area contributed by atoms with Crippen LogP contribution in [-0.2, 0) is 16.4 Å². The van der Waals surface area contributed by atoms with E-state index < -0.39 is 10.0 Å². The fourth-order valence-corrected chi connectivity index (χ4v) is 3.30. The standard InChI is InChI=1S/C15H23N3O2S/c1-12(2)15(11-18(3)4)17-21(19,20)14-7-5-13(6-8-14)9-10-16/h5-8,12,15,17H,9,11H2,1-4H3. The molecule has 0 spiro atoms. The molecule has 1 rings (SSSR count). The summed E-state index contributed by atoms with van der Waals surface area (Å²) in [6, 6.07) is 8.33. The molecule has 1 aromatic carbocycles. The number of nitriles is 1. The van der Waals surface area contributed by atoms with Crippen LogP contribution >= 0.6 is 0 Å². The summed E-state index contributed by atoms with van der Waals surface area (Å²) in [5.41, 5.74) is 0.810. The Morgan fingerprint density at radius 1 is 1.24 bits per heavy atom. The maximum atomic E-state index is 12.4. The summed E-state index contributed by atoms with van der Waals surface area (Å²) in [4.78, 5) is 2.19. The van der Waals surface area contributed by atoms with E-state index >= 15 is 0 Å². The first-order valence-corrected chi connectivity index (χ1v) is 8.37. The molecule has 5 nitrogen and oxygen atoms in total. The Morgan fingerprint density at radius 2 is 1.81 bits per heavy atom. The lowest BCUT2D eigenvalue weighted by Crippen LogP contribution is -2.44. The van der Waals surface area contributed by atoms with Crippen molar-refractivity contribution in [2.45, 2.75) is 31.2 Å². The largest absolute Gasteiger partial charge is 0.308 e. The molecule has 116 valence electrons. The Morgan fingerprint density at radius 3 is 2.24 bits per heavy atom. The fourth-order valence-electron chi connectivity index (χ4n) is 1.92. The second-order valence-electron chi connectivity index (χ2n) is 5.71. The number of hydrogen-bond donors (Lipinski definition) is 1. The summed E-state index contributed by atoms with van der Waals surface area (Å²) in [5.74, 6) is 0.194. The van der Waals surface area contributed by atoms with Crippen molar-refractivity contribution in [3.8, 4) is 6.07 Å². The number of sulfonamides is 1. The number of hydrogen-bond acceptors (Lipinski definition) is 4. The monoisotopic (exact) mass is 309 g/mol. The minimum absolute atomic E-state index is 0.149. The number of benzene rings is 1. The van der Waals surface area contributed by atoms with Crippen LogP contribution in [0.4, 0.5) is 0 Å². The Labute approximate surface area is 127 Å². The van der Waals surface area contributed by atoms with Crippen molar-refractivity contribution in [2.24, 2.45) is 5.92 Å². The SMILES string of the molecule is CC(C)C(CN(C)C)NS(=O)(=O)c1ccc(CC#N)cc1. The number of rotatable bonds is 7. The van der Waals surface area contributed by atoms with Gasteiger partial charge < -0.3 is 4.90 Å². The molecule has 0 aliphatic rings. The van der Waals surface area contributed by atoms with Gasteiger partial charge in [0.2, 0.25) is 10.0 Å². The van der Waals surface area contributed by atoms with E-state index in [1.807, 2.05) is 38.9 Å². The van der Waals surface area contributed by atoms with Crippen LogP contribution in [0.25, 0.3) is 0 Å². The van der Waals surface area contributed by atoms with Crippen LogP contribution < -0.4 is 4.72 Å². The van der Waals surface area contributed by atoms with Crippen molar-refractivity contribution in [3.63, 3.8) is 0 Å². The molecular weight excluding hydrogens is 286 g/mol. The van der Waals surface area contributed by atoms with Crippen molar-refractivity contribution < 1.29 is 8.42 Å². The number of likely N-dealkylation sites (N-methyl/N-ethyl adjacent to an activating group) is 1. The molecule has 0 fully saturated rings. The topological polar surface area (TPSA) is 73.2 Å². The third-order valence-electron chi connectivity index (χ3n) is 3.19. The molecule has 0 heterocycles. The molecule has 6 heteroatoms. The van der Waals surface area contributed by atoms with Crippen molar-refractivity contribution in [2.75, 3.05) is 20.6 Å². The zero-order valence-electron chi connectivity index (χ0n) is 13.0. The van der Waals surface area contributed by atoms with Crippen LogP contribution in [0.5, 0.6) is 0 Å². The zero-order valence-corrected chi connectivity index (χ0v) is 13.8. The van der Waals surface area contributed by atoms with Gasteiger partial charge in [-0.25, -0.2) is 13.1 Å². The Hall–Kier alpha value is -1.42. The number of nitrogens with one attached hydrogen (secondary N) is 1. The second-order valence-corrected chi connectivity index (χ2v) is 7.43. The van der Waals surface area contributed by atoms with Crippen molar-refractivity contribution in [1.82, 2.24) is 9.62 Å². The van der Waals surface area contributed by atoms with Gasteiger partial charge in [-0.15, -0.1) is 0 Å². The summed E-state index contributed by atoms with van der Waals surface area (Å²) >= 11 is 0. The van der Waals surface area contributed by atoms with Gasteiger partial charge in [-0.05, 0) is 37.7 Å². The summed E-state index contributed by atoms with van der Waals surface area (Å²) in [5, 5.41) is 8.63. The number of nitrogens with zero attached hydrogens (tertiary/aromatic N) is 2. The third kappa shape index (κ3) is 5.46. The van der Waals surface area contributed by atoms with Gasteiger partial charge in [-0.1, -0.05) is 26.0 Å². The molecule has 0 radical (unpaired) electrons. The van der Waals surface area contributed by atoms with Gasteiger partial charge in [-0.3, -0.25) is 0 Å². The Balaban J connectivity index is 2.91. The van der Waals surface area contributed by atoms with E-state index in [-0.39, 0.29) is 23.3 Å². The van der Waals surface area contributed by atoms with E-state index in [9.17, 15) is 8.42 Å². The average molecular weight is 309 g/mol. The highest BCUT2D eigenvalue weighted by molar-refractivity contribution is 7.89. The highest BCUT2D eigenvalue weighted by Crippen LogP contribution is 2.13. The maximum absolute atomic E-state index is 12.4. The lowest BCUT2D eigenvalue weighted by atomic mass is 10.1. The first-order valence-electron chi connectivity index (χ1n) is 6.89. The van der Waals surface area contributed by atoms with Gasteiger partial charge in [0, 0.05) is 12.6 Å². The quantitative estimate of drug-likeness (QED) is 0.830. The summed E-state index contributed by atoms with van der Waals surface area (Å²) in [7, 11) is 0.293. The van der Waals surface area contributed by atoms with Crippen LogP contribution in [0.1, 0.15) is 19.4 Å². The minimum Gasteiger partial charge on any atom is -0.308 e. The predicted octanol–water partition coefficient (Wildman–Crippen LogP) is 1.62. The molecule has 1 N–H and O–H groups in total. The first kappa shape index (κ1) is 17.6. The molecule has 0 saturated heterocycles. The van der Waals surface area contributed by atoms with Crippen LogP contribution in [0.15, 0.2) is 29.2 Å². The molecule has 0 bridgehead atoms. The molecular formula is C15H23N3O2S. The molecule has 1 unspecified atom stereocenters. The van der Waals surface area contributed by atoms with Gasteiger partial charge in [0.1, 0.15) is 0 Å². The molecule has 21 heavy (non-hydrogen) atoms. The van der Waals surface area contributed by atoms with Crippen LogP contribution in [0.2, 0.25) is 0 Å². The minimum atomic E-state index is -3.54. The van der Waals surface area contributed by atoms with E-state index in [0.29, 0.717) is 6.54 Å². The van der Waals surface area contributed by atoms with Crippen molar-refractivity contribution >= 4 is 10.0 Å². The van der Waals surface area contributed by atoms with Gasteiger partial charge in [0.05, 0.1) is 17.4 Å². The first-order chi connectivity index (χ1) is 9.76. The van der Waals surface area contributed by atoms with E-state index in [1.165, 1.54) is 0 Å². The summed E-state index contributed by atoms with van der Waals surface area (Å²) in [6.45, 7) is 4.63. The van der Waals surface area contributed by atoms with E-state index in [2.05, 4.69) is 4.72 Å². The van der Waals surface area contributed by atoms with Crippen LogP contribution in [-0.4, -0.2) is 40.0 Å².